The zero-order valence-electron chi connectivity index (χ0n) is 12.7. The summed E-state index contributed by atoms with van der Waals surface area (Å²) in [7, 11) is 0. The number of hydrogen-bond acceptors (Lipinski definition) is 7. The van der Waals surface area contributed by atoms with Gasteiger partial charge in [-0.3, -0.25) is 5.10 Å². The number of rotatable bonds is 6. The predicted octanol–water partition coefficient (Wildman–Crippen LogP) is 2.16. The minimum atomic E-state index is 0. The first kappa shape index (κ1) is 20.0. The summed E-state index contributed by atoms with van der Waals surface area (Å²) in [5.41, 5.74) is 6.91. The molecule has 2 aromatic heterocycles. The molecule has 10 heteroatoms. The topological polar surface area (TPSA) is 105 Å². The molecule has 3 rings (SSSR count). The Balaban J connectivity index is 0.00000132. The Hall–Kier alpha value is -1.09. The summed E-state index contributed by atoms with van der Waals surface area (Å²) in [6.45, 7) is 2.70. The number of nitrogens with two attached hydrogens (primary N) is 1. The molecule has 4 N–H and O–H groups in total. The van der Waals surface area contributed by atoms with Crippen molar-refractivity contribution in [1.29, 1.82) is 0 Å². The SMILES string of the molecule is Cc1nc(SCCNc2cc(C3CC(N)C3)ncn2)n[nH]1.Cl.Cl. The van der Waals surface area contributed by atoms with Crippen molar-refractivity contribution in [3.05, 3.63) is 23.9 Å². The van der Waals surface area contributed by atoms with E-state index in [1.807, 2.05) is 13.0 Å². The average molecular weight is 378 g/mol. The van der Waals surface area contributed by atoms with Gasteiger partial charge in [0, 0.05) is 36.0 Å². The molecule has 0 aromatic carbocycles. The normalized spacial score (nSPS) is 19.2. The Morgan fingerprint density at radius 1 is 1.35 bits per heavy atom. The van der Waals surface area contributed by atoms with Gasteiger partial charge in [0.25, 0.3) is 0 Å². The van der Waals surface area contributed by atoms with Crippen molar-refractivity contribution in [3.63, 3.8) is 0 Å². The van der Waals surface area contributed by atoms with E-state index in [1.165, 1.54) is 0 Å². The largest absolute Gasteiger partial charge is 0.369 e. The van der Waals surface area contributed by atoms with Crippen LogP contribution in [0, 0.1) is 6.92 Å². The molecular formula is C13H21Cl2N7S. The second kappa shape index (κ2) is 9.27. The minimum absolute atomic E-state index is 0. The Kier molecular flexibility index (Phi) is 8.04. The van der Waals surface area contributed by atoms with E-state index in [9.17, 15) is 0 Å². The Bertz CT molecular complexity index is 604. The van der Waals surface area contributed by atoms with Gasteiger partial charge in [-0.1, -0.05) is 11.8 Å². The number of aromatic nitrogens is 5. The third-order valence-corrected chi connectivity index (χ3v) is 4.35. The Labute approximate surface area is 151 Å². The van der Waals surface area contributed by atoms with Crippen LogP contribution in [0.4, 0.5) is 5.82 Å². The summed E-state index contributed by atoms with van der Waals surface area (Å²) < 4.78 is 0. The van der Waals surface area contributed by atoms with E-state index in [2.05, 4.69) is 30.5 Å². The lowest BCUT2D eigenvalue weighted by atomic mass is 9.79. The van der Waals surface area contributed by atoms with Gasteiger partial charge in [0.2, 0.25) is 5.16 Å². The fraction of sp³-hybridized carbons (Fsp3) is 0.538. The fourth-order valence-electron chi connectivity index (χ4n) is 2.30. The maximum atomic E-state index is 5.82. The molecule has 0 bridgehead atoms. The minimum Gasteiger partial charge on any atom is -0.369 e. The van der Waals surface area contributed by atoms with E-state index < -0.39 is 0 Å². The molecular weight excluding hydrogens is 357 g/mol. The number of aryl methyl sites for hydroxylation is 1. The number of hydrogen-bond donors (Lipinski definition) is 3. The molecule has 1 saturated carbocycles. The molecule has 0 saturated heterocycles. The molecule has 7 nitrogen and oxygen atoms in total. The molecule has 23 heavy (non-hydrogen) atoms. The van der Waals surface area contributed by atoms with Crippen molar-refractivity contribution in [2.45, 2.75) is 36.9 Å². The Morgan fingerprint density at radius 3 is 2.78 bits per heavy atom. The van der Waals surface area contributed by atoms with Crippen molar-refractivity contribution < 1.29 is 0 Å². The van der Waals surface area contributed by atoms with Crippen LogP contribution >= 0.6 is 36.6 Å². The number of nitrogens with one attached hydrogen (secondary N) is 2. The fourth-order valence-corrected chi connectivity index (χ4v) is 3.00. The molecule has 0 radical (unpaired) electrons. The van der Waals surface area contributed by atoms with Crippen LogP contribution in [0.1, 0.15) is 30.3 Å². The van der Waals surface area contributed by atoms with E-state index in [0.29, 0.717) is 12.0 Å². The third-order valence-electron chi connectivity index (χ3n) is 3.50. The summed E-state index contributed by atoms with van der Waals surface area (Å²) in [6.07, 6.45) is 3.67. The monoisotopic (exact) mass is 377 g/mol. The standard InChI is InChI=1S/C13H19N7S.2ClH/c1-8-18-13(20-19-8)21-3-2-15-12-6-11(16-7-17-12)9-4-10(14)5-9;;/h6-7,9-10H,2-5,14H2,1H3,(H,15,16,17)(H,18,19,20);2*1H. The Morgan fingerprint density at radius 2 is 2.13 bits per heavy atom. The predicted molar refractivity (Wildman–Crippen MR) is 96.8 cm³/mol. The first-order valence-electron chi connectivity index (χ1n) is 7.04. The van der Waals surface area contributed by atoms with E-state index in [0.717, 1.165) is 47.6 Å². The van der Waals surface area contributed by atoms with E-state index in [4.69, 9.17) is 5.73 Å². The number of aromatic amines is 1. The molecule has 0 atom stereocenters. The molecule has 1 fully saturated rings. The second-order valence-corrected chi connectivity index (χ2v) is 6.30. The van der Waals surface area contributed by atoms with Gasteiger partial charge in [-0.2, -0.15) is 0 Å². The van der Waals surface area contributed by atoms with Gasteiger partial charge in [0.1, 0.15) is 18.0 Å². The highest BCUT2D eigenvalue weighted by Gasteiger charge is 2.28. The van der Waals surface area contributed by atoms with Gasteiger partial charge in [0.15, 0.2) is 0 Å². The zero-order chi connectivity index (χ0) is 14.7. The molecule has 1 aliphatic rings. The molecule has 0 aliphatic heterocycles. The highest BCUT2D eigenvalue weighted by atomic mass is 35.5. The number of nitrogens with zero attached hydrogens (tertiary/aromatic N) is 4. The van der Waals surface area contributed by atoms with Crippen molar-refractivity contribution in [3.8, 4) is 0 Å². The highest BCUT2D eigenvalue weighted by molar-refractivity contribution is 7.99. The van der Waals surface area contributed by atoms with Crippen LogP contribution < -0.4 is 11.1 Å². The quantitative estimate of drug-likeness (QED) is 0.522. The second-order valence-electron chi connectivity index (χ2n) is 5.24. The summed E-state index contributed by atoms with van der Waals surface area (Å²) >= 11 is 1.61. The van der Waals surface area contributed by atoms with Crippen LogP contribution in [0.3, 0.4) is 0 Å². The van der Waals surface area contributed by atoms with E-state index >= 15 is 0 Å². The highest BCUT2D eigenvalue weighted by Crippen LogP contribution is 2.34. The summed E-state index contributed by atoms with van der Waals surface area (Å²) in [5, 5.41) is 11.0. The number of thioether (sulfide) groups is 1. The van der Waals surface area contributed by atoms with Crippen molar-refractivity contribution >= 4 is 42.4 Å². The molecule has 128 valence electrons. The van der Waals surface area contributed by atoms with Crippen LogP contribution in [-0.4, -0.2) is 43.5 Å². The third kappa shape index (κ3) is 5.49. The molecule has 1 aliphatic carbocycles. The van der Waals surface area contributed by atoms with Gasteiger partial charge in [0.05, 0.1) is 0 Å². The van der Waals surface area contributed by atoms with E-state index in [1.54, 1.807) is 18.1 Å². The average Bonchev–Trinajstić information content (AvgIpc) is 2.86. The molecule has 0 spiro atoms. The molecule has 0 amide bonds. The molecule has 2 heterocycles. The van der Waals surface area contributed by atoms with Crippen LogP contribution in [0.5, 0.6) is 0 Å². The van der Waals surface area contributed by atoms with Crippen molar-refractivity contribution in [2.24, 2.45) is 5.73 Å². The van der Waals surface area contributed by atoms with Crippen LogP contribution in [0.25, 0.3) is 0 Å². The summed E-state index contributed by atoms with van der Waals surface area (Å²) in [6, 6.07) is 2.36. The first-order chi connectivity index (χ1) is 10.2. The first-order valence-corrected chi connectivity index (χ1v) is 8.02. The van der Waals surface area contributed by atoms with Gasteiger partial charge in [-0.15, -0.1) is 29.9 Å². The van der Waals surface area contributed by atoms with Crippen molar-refractivity contribution in [1.82, 2.24) is 25.1 Å². The summed E-state index contributed by atoms with van der Waals surface area (Å²) in [4.78, 5) is 12.8. The smallest absolute Gasteiger partial charge is 0.208 e. The number of halogens is 2. The van der Waals surface area contributed by atoms with Crippen LogP contribution in [-0.2, 0) is 0 Å². The van der Waals surface area contributed by atoms with Gasteiger partial charge in [-0.25, -0.2) is 15.0 Å². The van der Waals surface area contributed by atoms with Crippen molar-refractivity contribution in [2.75, 3.05) is 17.6 Å². The molecule has 0 unspecified atom stereocenters. The number of H-pyrrole nitrogens is 1. The van der Waals surface area contributed by atoms with Gasteiger partial charge >= 0.3 is 0 Å². The molecule has 2 aromatic rings. The van der Waals surface area contributed by atoms with Crippen LogP contribution in [0.15, 0.2) is 17.6 Å². The van der Waals surface area contributed by atoms with Gasteiger partial charge in [-0.05, 0) is 19.8 Å². The van der Waals surface area contributed by atoms with Gasteiger partial charge < -0.3 is 11.1 Å². The number of anilines is 1. The lowest BCUT2D eigenvalue weighted by molar-refractivity contribution is 0.345. The maximum absolute atomic E-state index is 5.82. The lowest BCUT2D eigenvalue weighted by Gasteiger charge is -2.31. The van der Waals surface area contributed by atoms with E-state index in [-0.39, 0.29) is 24.8 Å². The summed E-state index contributed by atoms with van der Waals surface area (Å²) in [5.74, 6) is 3.08. The zero-order valence-corrected chi connectivity index (χ0v) is 15.2. The maximum Gasteiger partial charge on any atom is 0.208 e. The van der Waals surface area contributed by atoms with Crippen LogP contribution in [0.2, 0.25) is 0 Å². The lowest BCUT2D eigenvalue weighted by Crippen LogP contribution is -2.35.